The number of nitro groups is 1. The summed E-state index contributed by atoms with van der Waals surface area (Å²) in [6, 6.07) is 6.84. The van der Waals surface area contributed by atoms with Crippen LogP contribution in [-0.2, 0) is 11.3 Å². The lowest BCUT2D eigenvalue weighted by molar-refractivity contribution is -0.384. The van der Waals surface area contributed by atoms with Gasteiger partial charge < -0.3 is 15.1 Å². The van der Waals surface area contributed by atoms with E-state index in [9.17, 15) is 14.9 Å². The van der Waals surface area contributed by atoms with Crippen LogP contribution in [0.1, 0.15) is 38.7 Å². The molecule has 0 radical (unpaired) electrons. The summed E-state index contributed by atoms with van der Waals surface area (Å²) < 4.78 is 0. The summed E-state index contributed by atoms with van der Waals surface area (Å²) in [4.78, 5) is 34.1. The van der Waals surface area contributed by atoms with Gasteiger partial charge in [-0.1, -0.05) is 19.1 Å². The van der Waals surface area contributed by atoms with E-state index in [-0.39, 0.29) is 35.6 Å². The third kappa shape index (κ3) is 7.58. The maximum absolute atomic E-state index is 12.4. The lowest BCUT2D eigenvalue weighted by Crippen LogP contribution is -2.55. The number of nitrogens with zero attached hydrogens (tertiary/aromatic N) is 5. The first-order chi connectivity index (χ1) is 15.0. The van der Waals surface area contributed by atoms with Gasteiger partial charge in [-0.05, 0) is 31.7 Å². The van der Waals surface area contributed by atoms with Crippen LogP contribution in [0.3, 0.4) is 0 Å². The summed E-state index contributed by atoms with van der Waals surface area (Å²) in [6.07, 6.45) is 3.23. The number of carbonyl (C=O) groups excluding carboxylic acids is 1. The Kier molecular flexibility index (Phi) is 10.6. The van der Waals surface area contributed by atoms with Gasteiger partial charge in [-0.25, -0.2) is 4.99 Å². The third-order valence-corrected chi connectivity index (χ3v) is 6.04. The molecule has 1 amide bonds. The second-order valence-electron chi connectivity index (χ2n) is 8.37. The average Bonchev–Trinajstić information content (AvgIpc) is 3.32. The van der Waals surface area contributed by atoms with E-state index in [0.29, 0.717) is 19.1 Å². The molecule has 0 saturated carbocycles. The first-order valence-corrected chi connectivity index (χ1v) is 11.3. The molecule has 2 aliphatic rings. The van der Waals surface area contributed by atoms with Gasteiger partial charge in [0.05, 0.1) is 18.0 Å². The SMILES string of the molecule is CCC(C)NC(=NCc1ccc([N+](=O)[O-])cc1)N1CCN(CC(=O)N2CCCC2)CC1.I. The molecule has 1 unspecified atom stereocenters. The van der Waals surface area contributed by atoms with Crippen LogP contribution in [0.15, 0.2) is 29.3 Å². The largest absolute Gasteiger partial charge is 0.354 e. The second-order valence-corrected chi connectivity index (χ2v) is 8.37. The minimum Gasteiger partial charge on any atom is -0.354 e. The minimum absolute atomic E-state index is 0. The van der Waals surface area contributed by atoms with E-state index in [0.717, 1.165) is 70.1 Å². The molecule has 178 valence electrons. The normalized spacial score (nSPS) is 18.2. The number of benzene rings is 1. The van der Waals surface area contributed by atoms with Crippen LogP contribution in [0.2, 0.25) is 0 Å². The van der Waals surface area contributed by atoms with E-state index in [1.807, 2.05) is 4.90 Å². The Balaban J connectivity index is 0.00000363. The number of piperazine rings is 1. The molecule has 32 heavy (non-hydrogen) atoms. The number of nitro benzene ring substituents is 1. The van der Waals surface area contributed by atoms with Crippen molar-refractivity contribution in [3.05, 3.63) is 39.9 Å². The lowest BCUT2D eigenvalue weighted by Gasteiger charge is -2.37. The van der Waals surface area contributed by atoms with E-state index in [1.54, 1.807) is 12.1 Å². The summed E-state index contributed by atoms with van der Waals surface area (Å²) in [6.45, 7) is 10.3. The van der Waals surface area contributed by atoms with Crippen LogP contribution >= 0.6 is 24.0 Å². The number of aliphatic imine (C=N–C) groups is 1. The molecular formula is C22H35IN6O3. The van der Waals surface area contributed by atoms with Crippen LogP contribution in [0.5, 0.6) is 0 Å². The fourth-order valence-electron chi connectivity index (χ4n) is 3.82. The molecule has 0 aromatic heterocycles. The van der Waals surface area contributed by atoms with Gasteiger partial charge in [0.2, 0.25) is 5.91 Å². The molecule has 1 N–H and O–H groups in total. The number of halogens is 1. The number of likely N-dealkylation sites (tertiary alicyclic amines) is 1. The lowest BCUT2D eigenvalue weighted by atomic mass is 10.2. The van der Waals surface area contributed by atoms with Crippen LogP contribution < -0.4 is 5.32 Å². The van der Waals surface area contributed by atoms with E-state index < -0.39 is 4.92 Å². The van der Waals surface area contributed by atoms with Crippen molar-refractivity contribution in [2.45, 2.75) is 45.7 Å². The number of nitrogens with one attached hydrogen (secondary N) is 1. The highest BCUT2D eigenvalue weighted by Gasteiger charge is 2.25. The number of hydrogen-bond acceptors (Lipinski definition) is 5. The molecule has 1 atom stereocenters. The Bertz CT molecular complexity index is 774. The quantitative estimate of drug-likeness (QED) is 0.182. The van der Waals surface area contributed by atoms with Gasteiger partial charge in [-0.15, -0.1) is 24.0 Å². The highest BCUT2D eigenvalue weighted by molar-refractivity contribution is 14.0. The summed E-state index contributed by atoms with van der Waals surface area (Å²) in [5.41, 5.74) is 1.02. The van der Waals surface area contributed by atoms with Gasteiger partial charge in [0.25, 0.3) is 5.69 Å². The van der Waals surface area contributed by atoms with E-state index >= 15 is 0 Å². The molecule has 2 saturated heterocycles. The van der Waals surface area contributed by atoms with Crippen molar-refractivity contribution >= 4 is 41.5 Å². The number of carbonyl (C=O) groups is 1. The molecule has 0 aliphatic carbocycles. The molecular weight excluding hydrogens is 523 g/mol. The van der Waals surface area contributed by atoms with E-state index in [2.05, 4.69) is 29.0 Å². The monoisotopic (exact) mass is 558 g/mol. The first-order valence-electron chi connectivity index (χ1n) is 11.3. The topological polar surface area (TPSA) is 94.3 Å². The summed E-state index contributed by atoms with van der Waals surface area (Å²) in [7, 11) is 0. The zero-order chi connectivity index (χ0) is 22.2. The molecule has 0 spiro atoms. The van der Waals surface area contributed by atoms with Gasteiger partial charge >= 0.3 is 0 Å². The van der Waals surface area contributed by atoms with Crippen LogP contribution in [0.25, 0.3) is 0 Å². The molecule has 10 heteroatoms. The fourth-order valence-corrected chi connectivity index (χ4v) is 3.82. The molecule has 3 rings (SSSR count). The number of non-ortho nitro benzene ring substituents is 1. The van der Waals surface area contributed by atoms with E-state index in [1.165, 1.54) is 12.1 Å². The number of amides is 1. The molecule has 0 bridgehead atoms. The van der Waals surface area contributed by atoms with Crippen molar-refractivity contribution in [2.24, 2.45) is 4.99 Å². The van der Waals surface area contributed by atoms with Crippen molar-refractivity contribution in [3.63, 3.8) is 0 Å². The minimum atomic E-state index is -0.392. The summed E-state index contributed by atoms with van der Waals surface area (Å²) in [5.74, 6) is 1.11. The van der Waals surface area contributed by atoms with E-state index in [4.69, 9.17) is 4.99 Å². The Morgan fingerprint density at radius 3 is 2.28 bits per heavy atom. The predicted molar refractivity (Wildman–Crippen MR) is 136 cm³/mol. The Labute approximate surface area is 207 Å². The van der Waals surface area contributed by atoms with Crippen molar-refractivity contribution in [2.75, 3.05) is 45.8 Å². The molecule has 1 aromatic carbocycles. The fraction of sp³-hybridized carbons (Fsp3) is 0.636. The third-order valence-electron chi connectivity index (χ3n) is 6.04. The summed E-state index contributed by atoms with van der Waals surface area (Å²) >= 11 is 0. The Morgan fingerprint density at radius 2 is 1.72 bits per heavy atom. The van der Waals surface area contributed by atoms with Crippen molar-refractivity contribution < 1.29 is 9.72 Å². The standard InChI is InChI=1S/C22H34N6O3.HI/c1-3-18(2)24-22(23-16-19-6-8-20(9-7-19)28(30)31)27-14-12-25(13-15-27)17-21(29)26-10-4-5-11-26;/h6-9,18H,3-5,10-17H2,1-2H3,(H,23,24);1H. The second kappa shape index (κ2) is 12.9. The Hall–Kier alpha value is -1.95. The van der Waals surface area contributed by atoms with Crippen molar-refractivity contribution in [1.82, 2.24) is 20.0 Å². The zero-order valence-corrected chi connectivity index (χ0v) is 21.4. The Morgan fingerprint density at radius 1 is 1.09 bits per heavy atom. The van der Waals surface area contributed by atoms with Gasteiger partial charge in [0, 0.05) is 57.4 Å². The van der Waals surface area contributed by atoms with Gasteiger partial charge in [-0.2, -0.15) is 0 Å². The van der Waals surface area contributed by atoms with Gasteiger partial charge in [-0.3, -0.25) is 19.8 Å². The van der Waals surface area contributed by atoms with Crippen molar-refractivity contribution in [1.29, 1.82) is 0 Å². The molecule has 9 nitrogen and oxygen atoms in total. The van der Waals surface area contributed by atoms with Crippen LogP contribution in [0.4, 0.5) is 5.69 Å². The number of guanidine groups is 1. The maximum Gasteiger partial charge on any atom is 0.269 e. The van der Waals surface area contributed by atoms with Crippen molar-refractivity contribution in [3.8, 4) is 0 Å². The highest BCUT2D eigenvalue weighted by atomic mass is 127. The van der Waals surface area contributed by atoms with Crippen LogP contribution in [-0.4, -0.2) is 83.3 Å². The predicted octanol–water partition coefficient (Wildman–Crippen LogP) is 2.70. The number of rotatable bonds is 7. The smallest absolute Gasteiger partial charge is 0.269 e. The number of hydrogen-bond donors (Lipinski definition) is 1. The molecule has 2 heterocycles. The van der Waals surface area contributed by atoms with Gasteiger partial charge in [0.1, 0.15) is 0 Å². The van der Waals surface area contributed by atoms with Crippen LogP contribution in [0, 0.1) is 10.1 Å². The van der Waals surface area contributed by atoms with Gasteiger partial charge in [0.15, 0.2) is 5.96 Å². The maximum atomic E-state index is 12.4. The average molecular weight is 558 g/mol. The zero-order valence-electron chi connectivity index (χ0n) is 19.0. The first kappa shape index (κ1) is 26.3. The summed E-state index contributed by atoms with van der Waals surface area (Å²) in [5, 5.41) is 14.4. The molecule has 2 fully saturated rings. The molecule has 2 aliphatic heterocycles. The molecule has 1 aromatic rings. The highest BCUT2D eigenvalue weighted by Crippen LogP contribution is 2.13.